The smallest absolute Gasteiger partial charge is 0.335 e. The lowest BCUT2D eigenvalue weighted by molar-refractivity contribution is -0.115. The predicted octanol–water partition coefficient (Wildman–Crippen LogP) is 2.27. The van der Waals surface area contributed by atoms with E-state index >= 15 is 0 Å². The van der Waals surface area contributed by atoms with Crippen LogP contribution in [-0.2, 0) is 11.2 Å². The molecule has 1 aromatic heterocycles. The number of nitrogens with zero attached hydrogens (tertiary/aromatic N) is 1. The van der Waals surface area contributed by atoms with Crippen molar-refractivity contribution in [2.45, 2.75) is 13.3 Å². The Morgan fingerprint density at radius 1 is 1.20 bits per heavy atom. The average Bonchev–Trinajstić information content (AvgIpc) is 2.41. The van der Waals surface area contributed by atoms with Gasteiger partial charge in [-0.15, -0.1) is 0 Å². The Balaban J connectivity index is 2.08. The summed E-state index contributed by atoms with van der Waals surface area (Å²) in [5.41, 5.74) is 2.08. The van der Waals surface area contributed by atoms with Gasteiger partial charge in [0, 0.05) is 5.69 Å². The van der Waals surface area contributed by atoms with Gasteiger partial charge in [0.1, 0.15) is 0 Å². The maximum atomic E-state index is 11.9. The number of aryl methyl sites for hydroxylation is 1. The highest BCUT2D eigenvalue weighted by Crippen LogP contribution is 2.11. The molecular weight excluding hydrogens is 256 g/mol. The fourth-order valence-corrected chi connectivity index (χ4v) is 1.80. The Labute approximate surface area is 116 Å². The monoisotopic (exact) mass is 270 g/mol. The van der Waals surface area contributed by atoms with Crippen molar-refractivity contribution in [3.63, 3.8) is 0 Å². The van der Waals surface area contributed by atoms with Crippen LogP contribution in [0.5, 0.6) is 0 Å². The van der Waals surface area contributed by atoms with Gasteiger partial charge in [-0.2, -0.15) is 0 Å². The number of amides is 1. The molecule has 0 fully saturated rings. The standard InChI is InChI=1S/C15H14N2O3/c1-10-6-7-12(9-16-10)17-14(18)8-11-4-2-3-5-13(11)15(19)20/h2-7,9H,8H2,1H3,(H,17,18)(H,19,20). The summed E-state index contributed by atoms with van der Waals surface area (Å²) in [4.78, 5) is 27.0. The van der Waals surface area contributed by atoms with Gasteiger partial charge in [0.05, 0.1) is 23.9 Å². The highest BCUT2D eigenvalue weighted by atomic mass is 16.4. The van der Waals surface area contributed by atoms with Crippen molar-refractivity contribution in [2.24, 2.45) is 0 Å². The van der Waals surface area contributed by atoms with Crippen molar-refractivity contribution >= 4 is 17.6 Å². The third kappa shape index (κ3) is 3.41. The second-order valence-corrected chi connectivity index (χ2v) is 4.38. The number of rotatable bonds is 4. The highest BCUT2D eigenvalue weighted by molar-refractivity contribution is 5.95. The third-order valence-corrected chi connectivity index (χ3v) is 2.79. The Bertz CT molecular complexity index is 636. The largest absolute Gasteiger partial charge is 0.478 e. The molecule has 0 radical (unpaired) electrons. The minimum Gasteiger partial charge on any atom is -0.478 e. The predicted molar refractivity (Wildman–Crippen MR) is 74.7 cm³/mol. The van der Waals surface area contributed by atoms with Gasteiger partial charge in [-0.25, -0.2) is 4.79 Å². The Morgan fingerprint density at radius 2 is 1.95 bits per heavy atom. The first-order chi connectivity index (χ1) is 9.56. The van der Waals surface area contributed by atoms with Crippen molar-refractivity contribution < 1.29 is 14.7 Å². The lowest BCUT2D eigenvalue weighted by Gasteiger charge is -2.07. The number of anilines is 1. The number of carboxylic acid groups (broad SMARTS) is 1. The van der Waals surface area contributed by atoms with Crippen molar-refractivity contribution in [1.82, 2.24) is 4.98 Å². The number of pyridine rings is 1. The highest BCUT2D eigenvalue weighted by Gasteiger charge is 2.12. The van der Waals surface area contributed by atoms with E-state index in [1.165, 1.54) is 6.07 Å². The summed E-state index contributed by atoms with van der Waals surface area (Å²) in [6.07, 6.45) is 1.58. The molecule has 2 N–H and O–H groups in total. The number of carboxylic acids is 1. The first-order valence-corrected chi connectivity index (χ1v) is 6.10. The molecule has 1 amide bonds. The molecule has 0 saturated heterocycles. The molecule has 102 valence electrons. The van der Waals surface area contributed by atoms with Crippen molar-refractivity contribution in [1.29, 1.82) is 0 Å². The van der Waals surface area contributed by atoms with Crippen molar-refractivity contribution in [3.05, 3.63) is 59.4 Å². The van der Waals surface area contributed by atoms with Gasteiger partial charge in [-0.1, -0.05) is 18.2 Å². The molecule has 5 heteroatoms. The molecule has 5 nitrogen and oxygen atoms in total. The number of hydrogen-bond acceptors (Lipinski definition) is 3. The van der Waals surface area contributed by atoms with Crippen LogP contribution >= 0.6 is 0 Å². The van der Waals surface area contributed by atoms with Crippen LogP contribution in [0.15, 0.2) is 42.6 Å². The number of aromatic nitrogens is 1. The molecule has 0 aliphatic rings. The van der Waals surface area contributed by atoms with Crippen LogP contribution in [0.4, 0.5) is 5.69 Å². The van der Waals surface area contributed by atoms with Crippen LogP contribution in [0.1, 0.15) is 21.6 Å². The molecule has 0 bridgehead atoms. The fourth-order valence-electron chi connectivity index (χ4n) is 1.80. The SMILES string of the molecule is Cc1ccc(NC(=O)Cc2ccccc2C(=O)O)cn1. The van der Waals surface area contributed by atoms with Gasteiger partial charge in [0.15, 0.2) is 0 Å². The summed E-state index contributed by atoms with van der Waals surface area (Å²) in [7, 11) is 0. The van der Waals surface area contributed by atoms with Gasteiger partial charge in [0.25, 0.3) is 0 Å². The normalized spacial score (nSPS) is 10.1. The minimum absolute atomic E-state index is 0.0103. The first-order valence-electron chi connectivity index (χ1n) is 6.10. The third-order valence-electron chi connectivity index (χ3n) is 2.79. The number of aromatic carboxylic acids is 1. The van der Waals surface area contributed by atoms with Crippen LogP contribution in [0.25, 0.3) is 0 Å². The Kier molecular flexibility index (Phi) is 4.10. The molecule has 0 unspecified atom stereocenters. The number of benzene rings is 1. The van der Waals surface area contributed by atoms with Crippen molar-refractivity contribution in [3.8, 4) is 0 Å². The molecule has 1 heterocycles. The summed E-state index contributed by atoms with van der Waals surface area (Å²) in [6.45, 7) is 1.86. The molecule has 20 heavy (non-hydrogen) atoms. The van der Waals surface area contributed by atoms with Gasteiger partial charge in [-0.3, -0.25) is 9.78 Å². The summed E-state index contributed by atoms with van der Waals surface area (Å²) in [5.74, 6) is -1.31. The van der Waals surface area contributed by atoms with Gasteiger partial charge < -0.3 is 10.4 Å². The van der Waals surface area contributed by atoms with E-state index in [1.54, 1.807) is 36.5 Å². The maximum Gasteiger partial charge on any atom is 0.335 e. The lowest BCUT2D eigenvalue weighted by Crippen LogP contribution is -2.16. The molecule has 0 saturated carbocycles. The van der Waals surface area contributed by atoms with E-state index in [0.29, 0.717) is 11.3 Å². The van der Waals surface area contributed by atoms with Gasteiger partial charge >= 0.3 is 5.97 Å². The number of nitrogens with one attached hydrogen (secondary N) is 1. The van der Waals surface area contributed by atoms with E-state index in [0.717, 1.165) is 5.69 Å². The van der Waals surface area contributed by atoms with Crippen LogP contribution in [0, 0.1) is 6.92 Å². The molecule has 0 aliphatic carbocycles. The summed E-state index contributed by atoms with van der Waals surface area (Å²) in [6, 6.07) is 10.0. The second-order valence-electron chi connectivity index (χ2n) is 4.38. The van der Waals surface area contributed by atoms with Crippen molar-refractivity contribution in [2.75, 3.05) is 5.32 Å². The van der Waals surface area contributed by atoms with Crippen LogP contribution in [0.3, 0.4) is 0 Å². The minimum atomic E-state index is -1.04. The molecule has 0 spiro atoms. The average molecular weight is 270 g/mol. The van der Waals surface area contributed by atoms with E-state index in [2.05, 4.69) is 10.3 Å². The Hall–Kier alpha value is -2.69. The van der Waals surface area contributed by atoms with Gasteiger partial charge in [-0.05, 0) is 30.7 Å². The second kappa shape index (κ2) is 5.97. The van der Waals surface area contributed by atoms with Gasteiger partial charge in [0.2, 0.25) is 5.91 Å². The number of carbonyl (C=O) groups excluding carboxylic acids is 1. The number of carbonyl (C=O) groups is 2. The van der Waals surface area contributed by atoms with E-state index in [9.17, 15) is 9.59 Å². The fraction of sp³-hybridized carbons (Fsp3) is 0.133. The summed E-state index contributed by atoms with van der Waals surface area (Å²) >= 11 is 0. The van der Waals surface area contributed by atoms with E-state index in [-0.39, 0.29) is 17.9 Å². The topological polar surface area (TPSA) is 79.3 Å². The molecule has 2 rings (SSSR count). The molecular formula is C15H14N2O3. The molecule has 0 atom stereocenters. The first kappa shape index (κ1) is 13.7. The zero-order valence-electron chi connectivity index (χ0n) is 11.0. The molecule has 1 aromatic carbocycles. The quantitative estimate of drug-likeness (QED) is 0.893. The molecule has 0 aliphatic heterocycles. The van der Waals surface area contributed by atoms with E-state index < -0.39 is 5.97 Å². The van der Waals surface area contributed by atoms with E-state index in [4.69, 9.17) is 5.11 Å². The summed E-state index contributed by atoms with van der Waals surface area (Å²) < 4.78 is 0. The van der Waals surface area contributed by atoms with E-state index in [1.807, 2.05) is 6.92 Å². The number of hydrogen-bond donors (Lipinski definition) is 2. The lowest BCUT2D eigenvalue weighted by atomic mass is 10.0. The summed E-state index contributed by atoms with van der Waals surface area (Å²) in [5, 5.41) is 11.7. The Morgan fingerprint density at radius 3 is 2.60 bits per heavy atom. The zero-order chi connectivity index (χ0) is 14.5. The zero-order valence-corrected chi connectivity index (χ0v) is 11.0. The van der Waals surface area contributed by atoms with Crippen LogP contribution in [0.2, 0.25) is 0 Å². The van der Waals surface area contributed by atoms with Crippen LogP contribution < -0.4 is 5.32 Å². The molecule has 2 aromatic rings. The maximum absolute atomic E-state index is 11.9. The van der Waals surface area contributed by atoms with Crippen LogP contribution in [-0.4, -0.2) is 22.0 Å².